The van der Waals surface area contributed by atoms with Crippen LogP contribution in [0.2, 0.25) is 0 Å². The molecule has 0 heterocycles. The molecule has 0 saturated carbocycles. The molecule has 0 saturated heterocycles. The molecule has 0 aromatic heterocycles. The fourth-order valence-corrected chi connectivity index (χ4v) is 1.12. The Morgan fingerprint density at radius 2 is 1.10 bits per heavy atom. The molecule has 1 rings (SSSR count). The van der Waals surface area contributed by atoms with Crippen LogP contribution in [0.4, 0.5) is 0 Å². The zero-order valence-electron chi connectivity index (χ0n) is 12.2. The zero-order valence-corrected chi connectivity index (χ0v) is 15.1. The fourth-order valence-electron chi connectivity index (χ4n) is 0.602. The summed E-state index contributed by atoms with van der Waals surface area (Å²) in [5.41, 5.74) is 0. The van der Waals surface area contributed by atoms with Crippen molar-refractivity contribution in [3.8, 4) is 0 Å². The molecular weight excluding hydrogens is 341 g/mol. The predicted octanol–water partition coefficient (Wildman–Crippen LogP) is 1.95. The average Bonchev–Trinajstić information content (AvgIpc) is 2.49. The van der Waals surface area contributed by atoms with Crippen molar-refractivity contribution < 1.29 is 37.0 Å². The predicted molar refractivity (Wildman–Crippen MR) is 83.5 cm³/mol. The normalized spacial score (nSPS) is 10.8. The molecule has 124 valence electrons. The maximum Gasteiger partial charge on any atom is 0.471 e. The van der Waals surface area contributed by atoms with Gasteiger partial charge in [0.1, 0.15) is 0 Å². The van der Waals surface area contributed by atoms with Crippen LogP contribution in [0.1, 0.15) is 0 Å². The molecule has 0 aliphatic carbocycles. The molecule has 21 heavy (non-hydrogen) atoms. The first-order chi connectivity index (χ1) is 9.64. The van der Waals surface area contributed by atoms with E-state index >= 15 is 0 Å². The Hall–Kier alpha value is -0.130. The topological polar surface area (TPSA) is 112 Å². The molecule has 1 aromatic rings. The number of benzene rings is 1. The summed E-state index contributed by atoms with van der Waals surface area (Å²) >= 11 is 0. The highest BCUT2D eigenvalue weighted by atomic mass is 31.2. The Balaban J connectivity index is 0. The van der Waals surface area contributed by atoms with Crippen molar-refractivity contribution in [1.29, 1.82) is 0 Å². The van der Waals surface area contributed by atoms with Gasteiger partial charge < -0.3 is 9.79 Å². The quantitative estimate of drug-likeness (QED) is 0.782. The third-order valence-electron chi connectivity index (χ3n) is 1.72. The summed E-state index contributed by atoms with van der Waals surface area (Å²) in [6, 6.07) is 10.1. The van der Waals surface area contributed by atoms with Crippen LogP contribution < -0.4 is 5.30 Å². The second kappa shape index (κ2) is 12.4. The summed E-state index contributed by atoms with van der Waals surface area (Å²) in [6.45, 7) is 0. The van der Waals surface area contributed by atoms with E-state index in [2.05, 4.69) is 27.3 Å². The Morgan fingerprint density at radius 3 is 1.19 bits per heavy atom. The van der Waals surface area contributed by atoms with Crippen LogP contribution in [-0.2, 0) is 27.2 Å². The van der Waals surface area contributed by atoms with Gasteiger partial charge in [-0.1, -0.05) is 30.3 Å². The van der Waals surface area contributed by atoms with Crippen molar-refractivity contribution in [3.05, 3.63) is 30.3 Å². The maximum atomic E-state index is 10.1. The molecule has 2 N–H and O–H groups in total. The van der Waals surface area contributed by atoms with E-state index in [1.165, 1.54) is 5.30 Å². The minimum atomic E-state index is -3.65. The molecule has 11 heteroatoms. The van der Waals surface area contributed by atoms with Crippen molar-refractivity contribution in [2.45, 2.75) is 0 Å². The van der Waals surface area contributed by atoms with E-state index in [-0.39, 0.29) is 0 Å². The molecule has 0 amide bonds. The second-order valence-electron chi connectivity index (χ2n) is 3.08. The number of hydrogen-bond acceptors (Lipinski definition) is 6. The molecule has 0 spiro atoms. The van der Waals surface area contributed by atoms with Crippen molar-refractivity contribution in [2.75, 3.05) is 28.4 Å². The standard InChI is InChI=1S/C6H7P.2C2H7O4P/c7-6-4-2-1-3-5-6;2*1-5-7(3,4)6-2/h1-5H,7H2;2*1-2H3,(H,3,4). The second-order valence-corrected chi connectivity index (χ2v) is 7.08. The van der Waals surface area contributed by atoms with Crippen molar-refractivity contribution in [2.24, 2.45) is 0 Å². The smallest absolute Gasteiger partial charge is 0.303 e. The van der Waals surface area contributed by atoms with Gasteiger partial charge in [0.25, 0.3) is 0 Å². The van der Waals surface area contributed by atoms with Crippen LogP contribution in [0, 0.1) is 0 Å². The first-order valence-electron chi connectivity index (χ1n) is 5.33. The third-order valence-corrected chi connectivity index (χ3v) is 3.95. The van der Waals surface area contributed by atoms with Gasteiger partial charge in [-0.2, -0.15) is 0 Å². The highest BCUT2D eigenvalue weighted by Crippen LogP contribution is 2.40. The summed E-state index contributed by atoms with van der Waals surface area (Å²) in [5, 5.41) is 1.24. The van der Waals surface area contributed by atoms with Crippen LogP contribution in [0.25, 0.3) is 0 Å². The van der Waals surface area contributed by atoms with Gasteiger partial charge in [0.15, 0.2) is 0 Å². The number of hydrogen-bond donors (Lipinski definition) is 2. The molecule has 0 aliphatic rings. The molecule has 0 radical (unpaired) electrons. The largest absolute Gasteiger partial charge is 0.471 e. The van der Waals surface area contributed by atoms with E-state index < -0.39 is 15.6 Å². The molecule has 0 fully saturated rings. The van der Waals surface area contributed by atoms with E-state index in [1.54, 1.807) is 0 Å². The monoisotopic (exact) mass is 362 g/mol. The van der Waals surface area contributed by atoms with E-state index in [1.807, 2.05) is 30.3 Å². The van der Waals surface area contributed by atoms with Gasteiger partial charge in [-0.05, 0) is 5.30 Å². The third kappa shape index (κ3) is 16.1. The van der Waals surface area contributed by atoms with E-state index in [4.69, 9.17) is 9.79 Å². The maximum absolute atomic E-state index is 10.1. The molecule has 1 unspecified atom stereocenters. The average molecular weight is 362 g/mol. The lowest BCUT2D eigenvalue weighted by Gasteiger charge is -2.01. The van der Waals surface area contributed by atoms with Gasteiger partial charge >= 0.3 is 15.6 Å². The van der Waals surface area contributed by atoms with Gasteiger partial charge in [0.05, 0.1) is 0 Å². The Morgan fingerprint density at radius 1 is 0.810 bits per heavy atom. The lowest BCUT2D eigenvalue weighted by Crippen LogP contribution is -1.83. The van der Waals surface area contributed by atoms with E-state index in [0.29, 0.717) is 0 Å². The van der Waals surface area contributed by atoms with Crippen LogP contribution in [0.15, 0.2) is 30.3 Å². The lowest BCUT2D eigenvalue weighted by atomic mass is 10.4. The number of phosphoric ester groups is 2. The van der Waals surface area contributed by atoms with Crippen LogP contribution in [-0.4, -0.2) is 38.2 Å². The molecule has 0 aliphatic heterocycles. The Bertz CT molecular complexity index is 413. The summed E-state index contributed by atoms with van der Waals surface area (Å²) < 4.78 is 36.0. The molecule has 8 nitrogen and oxygen atoms in total. The first kappa shape index (κ1) is 23.1. The van der Waals surface area contributed by atoms with Gasteiger partial charge in [-0.15, -0.1) is 9.24 Å². The summed E-state index contributed by atoms with van der Waals surface area (Å²) in [7, 11) is -0.274. The van der Waals surface area contributed by atoms with Crippen LogP contribution in [0.3, 0.4) is 0 Å². The summed E-state index contributed by atoms with van der Waals surface area (Å²) in [5.74, 6) is 0. The Labute approximate surface area is 126 Å². The zero-order chi connectivity index (χ0) is 16.9. The molecule has 1 aromatic carbocycles. The highest BCUT2D eigenvalue weighted by Gasteiger charge is 2.14. The van der Waals surface area contributed by atoms with Gasteiger partial charge in [-0.25, -0.2) is 9.13 Å². The van der Waals surface area contributed by atoms with E-state index in [9.17, 15) is 9.13 Å². The van der Waals surface area contributed by atoms with Crippen molar-refractivity contribution in [3.63, 3.8) is 0 Å². The first-order valence-corrected chi connectivity index (χ1v) is 8.90. The van der Waals surface area contributed by atoms with Crippen LogP contribution in [0.5, 0.6) is 0 Å². The SMILES string of the molecule is COP(=O)(O)OC.COP(=O)(O)OC.Pc1ccccc1. The van der Waals surface area contributed by atoms with Crippen LogP contribution >= 0.6 is 24.9 Å². The van der Waals surface area contributed by atoms with E-state index in [0.717, 1.165) is 28.4 Å². The van der Waals surface area contributed by atoms with Gasteiger partial charge in [-0.3, -0.25) is 18.1 Å². The van der Waals surface area contributed by atoms with Gasteiger partial charge in [0.2, 0.25) is 0 Å². The minimum Gasteiger partial charge on any atom is -0.303 e. The van der Waals surface area contributed by atoms with Gasteiger partial charge in [0, 0.05) is 28.4 Å². The molecule has 1 atom stereocenters. The van der Waals surface area contributed by atoms with Crippen molar-refractivity contribution in [1.82, 2.24) is 0 Å². The Kier molecular flexibility index (Phi) is 13.7. The molecule has 0 bridgehead atoms. The summed E-state index contributed by atoms with van der Waals surface area (Å²) in [4.78, 5) is 16.5. The van der Waals surface area contributed by atoms with Crippen molar-refractivity contribution >= 4 is 30.2 Å². The number of phosphoric acid groups is 2. The molecular formula is C10H21O8P3. The lowest BCUT2D eigenvalue weighted by molar-refractivity contribution is 0.203. The minimum absolute atomic E-state index is 1.10. The fraction of sp³-hybridized carbons (Fsp3) is 0.400. The summed E-state index contributed by atoms with van der Waals surface area (Å²) in [6.07, 6.45) is 0. The number of rotatable bonds is 4. The highest BCUT2D eigenvalue weighted by molar-refractivity contribution is 7.47.